The van der Waals surface area contributed by atoms with Crippen molar-refractivity contribution in [3.8, 4) is 0 Å². The molecule has 0 bridgehead atoms. The van der Waals surface area contributed by atoms with Gasteiger partial charge in [-0.05, 0) is 23.5 Å². The van der Waals surface area contributed by atoms with Crippen molar-refractivity contribution in [3.05, 3.63) is 30.1 Å². The van der Waals surface area contributed by atoms with Gasteiger partial charge in [0.1, 0.15) is 0 Å². The van der Waals surface area contributed by atoms with E-state index >= 15 is 0 Å². The van der Waals surface area contributed by atoms with Crippen molar-refractivity contribution >= 4 is 5.91 Å². The Bertz CT molecular complexity index is 493. The number of amides is 1. The van der Waals surface area contributed by atoms with Gasteiger partial charge in [0.15, 0.2) is 0 Å². The molecule has 0 saturated carbocycles. The number of rotatable bonds is 7. The lowest BCUT2D eigenvalue weighted by Crippen LogP contribution is -2.51. The summed E-state index contributed by atoms with van der Waals surface area (Å²) in [5, 5.41) is 3.44. The maximum Gasteiger partial charge on any atom is 0.236 e. The average Bonchev–Trinajstić information content (AvgIpc) is 2.54. The van der Waals surface area contributed by atoms with E-state index in [2.05, 4.69) is 49.0 Å². The minimum Gasteiger partial charge on any atom is -0.341 e. The molecule has 2 rings (SSSR count). The van der Waals surface area contributed by atoms with Crippen LogP contribution in [0, 0.1) is 11.8 Å². The molecule has 24 heavy (non-hydrogen) atoms. The smallest absolute Gasteiger partial charge is 0.236 e. The van der Waals surface area contributed by atoms with Crippen molar-refractivity contribution in [2.24, 2.45) is 11.8 Å². The van der Waals surface area contributed by atoms with Crippen molar-refractivity contribution in [1.29, 1.82) is 0 Å². The van der Waals surface area contributed by atoms with E-state index in [4.69, 9.17) is 0 Å². The predicted octanol–water partition coefficient (Wildman–Crippen LogP) is 2.17. The Labute approximate surface area is 146 Å². The van der Waals surface area contributed by atoms with Crippen LogP contribution in [0.15, 0.2) is 24.5 Å². The molecule has 1 fully saturated rings. The van der Waals surface area contributed by atoms with E-state index in [9.17, 15) is 4.79 Å². The largest absolute Gasteiger partial charge is 0.341 e. The van der Waals surface area contributed by atoms with Gasteiger partial charge in [-0.3, -0.25) is 14.7 Å². The van der Waals surface area contributed by atoms with Crippen LogP contribution < -0.4 is 5.32 Å². The highest BCUT2D eigenvalue weighted by Crippen LogP contribution is 2.21. The molecule has 1 atom stereocenters. The first-order valence-electron chi connectivity index (χ1n) is 9.09. The molecule has 1 aliphatic rings. The molecule has 1 N–H and O–H groups in total. The highest BCUT2D eigenvalue weighted by molar-refractivity contribution is 5.78. The fourth-order valence-corrected chi connectivity index (χ4v) is 3.27. The number of nitrogens with one attached hydrogen (secondary N) is 1. The highest BCUT2D eigenvalue weighted by Gasteiger charge is 2.27. The first kappa shape index (κ1) is 18.9. The molecule has 0 radical (unpaired) electrons. The Kier molecular flexibility index (Phi) is 7.18. The normalized spacial score (nSPS) is 19.0. The molecule has 5 nitrogen and oxygen atoms in total. The quantitative estimate of drug-likeness (QED) is 0.831. The SMILES string of the molecule is CC(C)CN(CC(C)C)C(=O)CN1CCNCC1c1cccnc1. The fraction of sp³-hybridized carbons (Fsp3) is 0.684. The van der Waals surface area contributed by atoms with Gasteiger partial charge in [-0.2, -0.15) is 0 Å². The van der Waals surface area contributed by atoms with Gasteiger partial charge in [0.25, 0.3) is 0 Å². The van der Waals surface area contributed by atoms with Crippen LogP contribution >= 0.6 is 0 Å². The number of carbonyl (C=O) groups excluding carboxylic acids is 1. The third-order valence-corrected chi connectivity index (χ3v) is 4.29. The zero-order valence-electron chi connectivity index (χ0n) is 15.5. The van der Waals surface area contributed by atoms with Crippen molar-refractivity contribution in [2.75, 3.05) is 39.3 Å². The molecule has 1 aromatic rings. The van der Waals surface area contributed by atoms with E-state index in [0.29, 0.717) is 18.4 Å². The Balaban J connectivity index is 2.06. The summed E-state index contributed by atoms with van der Waals surface area (Å²) in [5.74, 6) is 1.22. The van der Waals surface area contributed by atoms with Gasteiger partial charge in [0.2, 0.25) is 5.91 Å². The van der Waals surface area contributed by atoms with E-state index in [1.807, 2.05) is 17.2 Å². The summed E-state index contributed by atoms with van der Waals surface area (Å²) in [5.41, 5.74) is 1.18. The molecular weight excluding hydrogens is 300 g/mol. The number of nitrogens with zero attached hydrogens (tertiary/aromatic N) is 3. The number of hydrogen-bond acceptors (Lipinski definition) is 4. The van der Waals surface area contributed by atoms with E-state index in [-0.39, 0.29) is 11.9 Å². The number of hydrogen-bond donors (Lipinski definition) is 1. The Morgan fingerprint density at radius 3 is 2.62 bits per heavy atom. The van der Waals surface area contributed by atoms with Crippen LogP contribution in [0.1, 0.15) is 39.3 Å². The van der Waals surface area contributed by atoms with Crippen molar-refractivity contribution < 1.29 is 4.79 Å². The predicted molar refractivity (Wildman–Crippen MR) is 97.7 cm³/mol. The molecule has 1 unspecified atom stereocenters. The van der Waals surface area contributed by atoms with Crippen LogP contribution in [0.2, 0.25) is 0 Å². The summed E-state index contributed by atoms with van der Waals surface area (Å²) >= 11 is 0. The minimum atomic E-state index is 0.219. The number of carbonyl (C=O) groups is 1. The van der Waals surface area contributed by atoms with Crippen molar-refractivity contribution in [3.63, 3.8) is 0 Å². The molecule has 1 aliphatic heterocycles. The zero-order chi connectivity index (χ0) is 17.5. The summed E-state index contributed by atoms with van der Waals surface area (Å²) in [6.07, 6.45) is 3.71. The highest BCUT2D eigenvalue weighted by atomic mass is 16.2. The lowest BCUT2D eigenvalue weighted by molar-refractivity contribution is -0.134. The Hall–Kier alpha value is -1.46. The van der Waals surface area contributed by atoms with Crippen LogP contribution in [0.5, 0.6) is 0 Å². The summed E-state index contributed by atoms with van der Waals surface area (Å²) in [6.45, 7) is 13.5. The molecule has 1 amide bonds. The maximum atomic E-state index is 12.9. The Morgan fingerprint density at radius 2 is 2.04 bits per heavy atom. The molecule has 5 heteroatoms. The Morgan fingerprint density at radius 1 is 1.33 bits per heavy atom. The summed E-state index contributed by atoms with van der Waals surface area (Å²) in [7, 11) is 0. The number of piperazine rings is 1. The van der Waals surface area contributed by atoms with Gasteiger partial charge in [-0.15, -0.1) is 0 Å². The van der Waals surface area contributed by atoms with E-state index in [0.717, 1.165) is 32.7 Å². The summed E-state index contributed by atoms with van der Waals surface area (Å²) in [6, 6.07) is 4.28. The van der Waals surface area contributed by atoms with Crippen LogP contribution in [-0.4, -0.2) is 60.0 Å². The minimum absolute atomic E-state index is 0.219. The van der Waals surface area contributed by atoms with Gasteiger partial charge in [-0.25, -0.2) is 0 Å². The van der Waals surface area contributed by atoms with Crippen LogP contribution in [0.3, 0.4) is 0 Å². The second-order valence-corrected chi connectivity index (χ2v) is 7.56. The van der Waals surface area contributed by atoms with Crippen LogP contribution in [0.4, 0.5) is 0 Å². The summed E-state index contributed by atoms with van der Waals surface area (Å²) in [4.78, 5) is 21.5. The van der Waals surface area contributed by atoms with Crippen molar-refractivity contribution in [2.45, 2.75) is 33.7 Å². The van der Waals surface area contributed by atoms with Crippen LogP contribution in [-0.2, 0) is 4.79 Å². The average molecular weight is 332 g/mol. The molecular formula is C19H32N4O. The standard InChI is InChI=1S/C19H32N4O/c1-15(2)12-23(13-16(3)4)19(24)14-22-9-8-21-11-18(22)17-6-5-7-20-10-17/h5-7,10,15-16,18,21H,8-9,11-14H2,1-4H3. The van der Waals surface area contributed by atoms with Gasteiger partial charge >= 0.3 is 0 Å². The summed E-state index contributed by atoms with van der Waals surface area (Å²) < 4.78 is 0. The molecule has 134 valence electrons. The third-order valence-electron chi connectivity index (χ3n) is 4.29. The van der Waals surface area contributed by atoms with Gasteiger partial charge in [-0.1, -0.05) is 33.8 Å². The number of aromatic nitrogens is 1. The van der Waals surface area contributed by atoms with Gasteiger partial charge < -0.3 is 10.2 Å². The van der Waals surface area contributed by atoms with Crippen molar-refractivity contribution in [1.82, 2.24) is 20.1 Å². The maximum absolute atomic E-state index is 12.9. The molecule has 1 saturated heterocycles. The second kappa shape index (κ2) is 9.14. The van der Waals surface area contributed by atoms with E-state index in [1.54, 1.807) is 6.20 Å². The lowest BCUT2D eigenvalue weighted by atomic mass is 10.1. The molecule has 1 aromatic heterocycles. The number of pyridine rings is 1. The molecule has 0 aliphatic carbocycles. The fourth-order valence-electron chi connectivity index (χ4n) is 3.27. The third kappa shape index (κ3) is 5.56. The topological polar surface area (TPSA) is 48.5 Å². The second-order valence-electron chi connectivity index (χ2n) is 7.56. The zero-order valence-corrected chi connectivity index (χ0v) is 15.5. The first-order valence-corrected chi connectivity index (χ1v) is 9.09. The van der Waals surface area contributed by atoms with Gasteiger partial charge in [0, 0.05) is 51.2 Å². The lowest BCUT2D eigenvalue weighted by Gasteiger charge is -2.37. The van der Waals surface area contributed by atoms with Gasteiger partial charge in [0.05, 0.1) is 6.54 Å². The van der Waals surface area contributed by atoms with E-state index in [1.165, 1.54) is 5.56 Å². The monoisotopic (exact) mass is 332 g/mol. The van der Waals surface area contributed by atoms with Crippen LogP contribution in [0.25, 0.3) is 0 Å². The molecule has 0 aromatic carbocycles. The molecule has 0 spiro atoms. The first-order chi connectivity index (χ1) is 11.5. The van der Waals surface area contributed by atoms with E-state index < -0.39 is 0 Å². The molecule has 2 heterocycles.